The highest BCUT2D eigenvalue weighted by Gasteiger charge is 2.06. The number of carbonyl (C=O) groups is 1. The van der Waals surface area contributed by atoms with Crippen LogP contribution < -0.4 is 5.32 Å². The number of nitrogens with one attached hydrogen (secondary N) is 1. The summed E-state index contributed by atoms with van der Waals surface area (Å²) in [4.78, 5) is 10.6. The zero-order valence-corrected chi connectivity index (χ0v) is 4.64. The van der Waals surface area contributed by atoms with E-state index in [1.54, 1.807) is 18.4 Å². The van der Waals surface area contributed by atoms with E-state index in [-0.39, 0.29) is 5.91 Å². The Morgan fingerprint density at radius 3 is 2.75 bits per heavy atom. The highest BCUT2D eigenvalue weighted by Crippen LogP contribution is 2.00. The summed E-state index contributed by atoms with van der Waals surface area (Å²) in [6, 6.07) is 0. The molecule has 0 atom stereocenters. The van der Waals surface area contributed by atoms with Crippen molar-refractivity contribution in [3.05, 3.63) is 23.9 Å². The van der Waals surface area contributed by atoms with E-state index in [2.05, 4.69) is 5.32 Å². The molecule has 0 saturated carbocycles. The minimum absolute atomic E-state index is 0.00694. The van der Waals surface area contributed by atoms with Gasteiger partial charge in [-0.05, 0) is 13.0 Å². The molecule has 42 valence electrons. The summed E-state index contributed by atoms with van der Waals surface area (Å²) in [6.07, 6.45) is 5.17. The van der Waals surface area contributed by atoms with Crippen molar-refractivity contribution in [3.63, 3.8) is 0 Å². The van der Waals surface area contributed by atoms with Crippen molar-refractivity contribution in [1.82, 2.24) is 5.32 Å². The molecule has 0 saturated heterocycles. The van der Waals surface area contributed by atoms with Gasteiger partial charge in [-0.1, -0.05) is 6.08 Å². The normalized spacial score (nSPS) is 22.1. The average molecular weight is 109 g/mol. The zero-order chi connectivity index (χ0) is 5.98. The van der Waals surface area contributed by atoms with Crippen LogP contribution in [0.5, 0.6) is 0 Å². The number of rotatable bonds is 0. The van der Waals surface area contributed by atoms with Gasteiger partial charge in [0.1, 0.15) is 0 Å². The van der Waals surface area contributed by atoms with Crippen molar-refractivity contribution in [3.8, 4) is 0 Å². The van der Waals surface area contributed by atoms with Crippen LogP contribution in [0.1, 0.15) is 6.92 Å². The molecule has 0 spiro atoms. The molecule has 1 rings (SSSR count). The largest absolute Gasteiger partial charge is 0.329 e. The average Bonchev–Trinajstić information content (AvgIpc) is 2.14. The lowest BCUT2D eigenvalue weighted by Crippen LogP contribution is -2.11. The van der Waals surface area contributed by atoms with E-state index in [4.69, 9.17) is 0 Å². The van der Waals surface area contributed by atoms with Gasteiger partial charge in [-0.15, -0.1) is 0 Å². The lowest BCUT2D eigenvalue weighted by molar-refractivity contribution is -0.115. The van der Waals surface area contributed by atoms with E-state index in [9.17, 15) is 4.79 Å². The molecule has 1 aliphatic rings. The second kappa shape index (κ2) is 1.82. The maximum absolute atomic E-state index is 10.6. The number of allylic oxidation sites excluding steroid dienone is 1. The van der Waals surface area contributed by atoms with Gasteiger partial charge in [0.2, 0.25) is 0 Å². The quantitative estimate of drug-likeness (QED) is 0.453. The molecule has 1 aliphatic heterocycles. The molecule has 1 N–H and O–H groups in total. The Morgan fingerprint density at radius 2 is 2.50 bits per heavy atom. The summed E-state index contributed by atoms with van der Waals surface area (Å²) in [6.45, 7) is 1.84. The molecular formula is C6H7NO. The topological polar surface area (TPSA) is 29.1 Å². The van der Waals surface area contributed by atoms with Gasteiger partial charge >= 0.3 is 0 Å². The fourth-order valence-electron chi connectivity index (χ4n) is 0.593. The fraction of sp³-hybridized carbons (Fsp3) is 0.167. The van der Waals surface area contributed by atoms with Crippen LogP contribution in [-0.4, -0.2) is 5.91 Å². The maximum Gasteiger partial charge on any atom is 0.254 e. The number of hydrogen-bond donors (Lipinski definition) is 1. The Bertz CT molecular complexity index is 167. The molecule has 0 fully saturated rings. The molecule has 1 heterocycles. The first kappa shape index (κ1) is 5.09. The third-order valence-electron chi connectivity index (χ3n) is 1.05. The standard InChI is InChI=1S/C6H7NO/c1-2-5-3-4-7-6(5)8/h2-4H,1H3,(H,7,8)/b5-2-. The summed E-state index contributed by atoms with van der Waals surface area (Å²) in [5.41, 5.74) is 0.741. The lowest BCUT2D eigenvalue weighted by Gasteiger charge is -1.86. The minimum Gasteiger partial charge on any atom is -0.329 e. The summed E-state index contributed by atoms with van der Waals surface area (Å²) in [5.74, 6) is -0.00694. The Balaban J connectivity index is 2.82. The summed E-state index contributed by atoms with van der Waals surface area (Å²) in [7, 11) is 0. The van der Waals surface area contributed by atoms with Crippen LogP contribution in [0.15, 0.2) is 23.9 Å². The van der Waals surface area contributed by atoms with E-state index in [1.165, 1.54) is 0 Å². The van der Waals surface area contributed by atoms with Crippen molar-refractivity contribution >= 4 is 5.91 Å². The van der Waals surface area contributed by atoms with Crippen LogP contribution >= 0.6 is 0 Å². The lowest BCUT2D eigenvalue weighted by atomic mass is 10.3. The first-order valence-corrected chi connectivity index (χ1v) is 2.48. The Kier molecular flexibility index (Phi) is 1.16. The number of carbonyl (C=O) groups excluding carboxylic acids is 1. The molecule has 0 aliphatic carbocycles. The summed E-state index contributed by atoms with van der Waals surface area (Å²) in [5, 5.41) is 2.53. The Morgan fingerprint density at radius 1 is 1.75 bits per heavy atom. The van der Waals surface area contributed by atoms with E-state index >= 15 is 0 Å². The molecule has 0 radical (unpaired) electrons. The number of hydrogen-bond acceptors (Lipinski definition) is 1. The van der Waals surface area contributed by atoms with Gasteiger partial charge in [0.25, 0.3) is 5.91 Å². The SMILES string of the molecule is C/C=C1/C=CNC1=O. The van der Waals surface area contributed by atoms with Crippen molar-refractivity contribution < 1.29 is 4.79 Å². The third kappa shape index (κ3) is 0.644. The summed E-state index contributed by atoms with van der Waals surface area (Å²) >= 11 is 0. The third-order valence-corrected chi connectivity index (χ3v) is 1.05. The summed E-state index contributed by atoms with van der Waals surface area (Å²) < 4.78 is 0. The van der Waals surface area contributed by atoms with Gasteiger partial charge in [-0.3, -0.25) is 4.79 Å². The van der Waals surface area contributed by atoms with Crippen molar-refractivity contribution in [2.75, 3.05) is 0 Å². The van der Waals surface area contributed by atoms with Crippen molar-refractivity contribution in [2.45, 2.75) is 6.92 Å². The molecular weight excluding hydrogens is 102 g/mol. The second-order valence-electron chi connectivity index (χ2n) is 1.55. The van der Waals surface area contributed by atoms with E-state index in [0.29, 0.717) is 0 Å². The van der Waals surface area contributed by atoms with Gasteiger partial charge in [0, 0.05) is 11.8 Å². The van der Waals surface area contributed by atoms with Gasteiger partial charge in [-0.2, -0.15) is 0 Å². The fourth-order valence-corrected chi connectivity index (χ4v) is 0.593. The Labute approximate surface area is 47.9 Å². The molecule has 0 aromatic carbocycles. The molecule has 0 unspecified atom stereocenters. The highest BCUT2D eigenvalue weighted by atomic mass is 16.1. The van der Waals surface area contributed by atoms with Crippen LogP contribution in [0.2, 0.25) is 0 Å². The van der Waals surface area contributed by atoms with Gasteiger partial charge < -0.3 is 5.32 Å². The molecule has 2 nitrogen and oxygen atoms in total. The molecule has 0 aromatic rings. The van der Waals surface area contributed by atoms with Crippen molar-refractivity contribution in [1.29, 1.82) is 0 Å². The van der Waals surface area contributed by atoms with E-state index in [1.807, 2.05) is 6.92 Å². The first-order valence-electron chi connectivity index (χ1n) is 2.48. The monoisotopic (exact) mass is 109 g/mol. The zero-order valence-electron chi connectivity index (χ0n) is 4.64. The first-order chi connectivity index (χ1) is 3.84. The second-order valence-corrected chi connectivity index (χ2v) is 1.55. The predicted octanol–water partition coefficient (Wildman–Crippen LogP) is 0.576. The smallest absolute Gasteiger partial charge is 0.254 e. The maximum atomic E-state index is 10.6. The van der Waals surface area contributed by atoms with Crippen LogP contribution in [0, 0.1) is 0 Å². The highest BCUT2D eigenvalue weighted by molar-refractivity contribution is 5.99. The van der Waals surface area contributed by atoms with Gasteiger partial charge in [0.05, 0.1) is 0 Å². The number of amides is 1. The molecule has 0 bridgehead atoms. The molecule has 8 heavy (non-hydrogen) atoms. The predicted molar refractivity (Wildman–Crippen MR) is 31.0 cm³/mol. The van der Waals surface area contributed by atoms with E-state index in [0.717, 1.165) is 5.57 Å². The minimum atomic E-state index is -0.00694. The van der Waals surface area contributed by atoms with Crippen LogP contribution in [0.4, 0.5) is 0 Å². The van der Waals surface area contributed by atoms with Crippen LogP contribution in [-0.2, 0) is 4.79 Å². The molecule has 0 aromatic heterocycles. The Hall–Kier alpha value is -1.05. The van der Waals surface area contributed by atoms with Gasteiger partial charge in [0.15, 0.2) is 0 Å². The van der Waals surface area contributed by atoms with Crippen LogP contribution in [0.3, 0.4) is 0 Å². The molecule has 1 amide bonds. The van der Waals surface area contributed by atoms with Crippen molar-refractivity contribution in [2.24, 2.45) is 0 Å². The van der Waals surface area contributed by atoms with Crippen LogP contribution in [0.25, 0.3) is 0 Å². The van der Waals surface area contributed by atoms with E-state index < -0.39 is 0 Å². The molecule has 2 heteroatoms. The van der Waals surface area contributed by atoms with Gasteiger partial charge in [-0.25, -0.2) is 0 Å².